The monoisotopic (exact) mass is 268 g/mol. The van der Waals surface area contributed by atoms with Crippen molar-refractivity contribution in [2.75, 3.05) is 25.1 Å². The van der Waals surface area contributed by atoms with Gasteiger partial charge in [-0.25, -0.2) is 4.98 Å². The van der Waals surface area contributed by atoms with Crippen LogP contribution in [0.2, 0.25) is 0 Å². The van der Waals surface area contributed by atoms with Crippen LogP contribution >= 0.6 is 11.3 Å². The van der Waals surface area contributed by atoms with E-state index >= 15 is 0 Å². The number of carbonyl (C=O) groups is 1. The molecule has 1 fully saturated rings. The normalized spacial score (nSPS) is 23.4. The summed E-state index contributed by atoms with van der Waals surface area (Å²) >= 11 is 1.67. The minimum absolute atomic E-state index is 0.173. The van der Waals surface area contributed by atoms with Gasteiger partial charge in [0, 0.05) is 24.9 Å². The number of ether oxygens (including phenoxy) is 1. The van der Waals surface area contributed by atoms with E-state index in [-0.39, 0.29) is 5.97 Å². The van der Waals surface area contributed by atoms with E-state index in [4.69, 9.17) is 0 Å². The van der Waals surface area contributed by atoms with Gasteiger partial charge in [-0.3, -0.25) is 4.79 Å². The van der Waals surface area contributed by atoms with E-state index in [2.05, 4.69) is 28.5 Å². The molecule has 0 bridgehead atoms. The Hall–Kier alpha value is -1.10. The first kappa shape index (κ1) is 13.3. The summed E-state index contributed by atoms with van der Waals surface area (Å²) in [5.41, 5.74) is 0.993. The third-order valence-corrected chi connectivity index (χ3v) is 4.56. The van der Waals surface area contributed by atoms with E-state index in [1.807, 2.05) is 5.38 Å². The Morgan fingerprint density at radius 1 is 1.50 bits per heavy atom. The number of aromatic nitrogens is 1. The zero-order valence-electron chi connectivity index (χ0n) is 11.2. The maximum absolute atomic E-state index is 11.1. The Labute approximate surface area is 112 Å². The maximum atomic E-state index is 11.1. The Kier molecular flexibility index (Phi) is 4.22. The van der Waals surface area contributed by atoms with Gasteiger partial charge in [0.25, 0.3) is 0 Å². The third kappa shape index (κ3) is 3.02. The average Bonchev–Trinajstić information content (AvgIpc) is 2.94. The summed E-state index contributed by atoms with van der Waals surface area (Å²) in [5.74, 6) is 1.29. The van der Waals surface area contributed by atoms with Crippen LogP contribution < -0.4 is 4.90 Å². The minimum Gasteiger partial charge on any atom is -0.469 e. The molecule has 1 aliphatic rings. The summed E-state index contributed by atoms with van der Waals surface area (Å²) in [5, 5.41) is 3.14. The molecule has 1 saturated heterocycles. The van der Waals surface area contributed by atoms with Gasteiger partial charge in [0.1, 0.15) is 0 Å². The standard InChI is InChI=1S/C13H20N2O2S/c1-9-6-15(7-10(9)2)13-14-11(8-18-13)4-5-12(16)17-3/h8-10H,4-7H2,1-3H3. The van der Waals surface area contributed by atoms with Crippen molar-refractivity contribution >= 4 is 22.4 Å². The quantitative estimate of drug-likeness (QED) is 0.786. The van der Waals surface area contributed by atoms with Gasteiger partial charge >= 0.3 is 5.97 Å². The van der Waals surface area contributed by atoms with Crippen LogP contribution in [0.1, 0.15) is 26.0 Å². The van der Waals surface area contributed by atoms with Crippen molar-refractivity contribution in [3.63, 3.8) is 0 Å². The number of hydrogen-bond donors (Lipinski definition) is 0. The molecule has 2 atom stereocenters. The molecule has 1 aromatic rings. The minimum atomic E-state index is -0.173. The van der Waals surface area contributed by atoms with Crippen LogP contribution in [0.5, 0.6) is 0 Å². The lowest BCUT2D eigenvalue weighted by molar-refractivity contribution is -0.140. The summed E-state index contributed by atoms with van der Waals surface area (Å²) < 4.78 is 4.63. The second-order valence-corrected chi connectivity index (χ2v) is 5.89. The van der Waals surface area contributed by atoms with Gasteiger partial charge in [0.2, 0.25) is 0 Å². The van der Waals surface area contributed by atoms with Crippen molar-refractivity contribution in [3.05, 3.63) is 11.1 Å². The molecule has 0 aromatic carbocycles. The molecule has 2 unspecified atom stereocenters. The number of hydrogen-bond acceptors (Lipinski definition) is 5. The molecular weight excluding hydrogens is 248 g/mol. The number of thiazole rings is 1. The molecule has 1 aliphatic heterocycles. The fraction of sp³-hybridized carbons (Fsp3) is 0.692. The fourth-order valence-electron chi connectivity index (χ4n) is 2.17. The van der Waals surface area contributed by atoms with Crippen LogP contribution in [0, 0.1) is 11.8 Å². The molecule has 0 aliphatic carbocycles. The molecule has 18 heavy (non-hydrogen) atoms. The van der Waals surface area contributed by atoms with E-state index in [1.165, 1.54) is 7.11 Å². The van der Waals surface area contributed by atoms with E-state index in [9.17, 15) is 4.79 Å². The summed E-state index contributed by atoms with van der Waals surface area (Å²) in [7, 11) is 1.42. The molecule has 2 rings (SSSR count). The Bertz CT molecular complexity index is 409. The van der Waals surface area contributed by atoms with Crippen molar-refractivity contribution in [2.45, 2.75) is 26.7 Å². The predicted octanol–water partition coefficient (Wildman–Crippen LogP) is 2.34. The highest BCUT2D eigenvalue weighted by molar-refractivity contribution is 7.13. The number of anilines is 1. The largest absolute Gasteiger partial charge is 0.469 e. The summed E-state index contributed by atoms with van der Waals surface area (Å²) in [6.07, 6.45) is 1.08. The SMILES string of the molecule is COC(=O)CCc1csc(N2CC(C)C(C)C2)n1. The topological polar surface area (TPSA) is 42.4 Å². The van der Waals surface area contributed by atoms with Crippen molar-refractivity contribution in [2.24, 2.45) is 11.8 Å². The van der Waals surface area contributed by atoms with E-state index < -0.39 is 0 Å². The van der Waals surface area contributed by atoms with Gasteiger partial charge < -0.3 is 9.64 Å². The van der Waals surface area contributed by atoms with Gasteiger partial charge in [-0.1, -0.05) is 13.8 Å². The first-order chi connectivity index (χ1) is 8.60. The Balaban J connectivity index is 1.92. The highest BCUT2D eigenvalue weighted by atomic mass is 32.1. The molecule has 0 spiro atoms. The molecule has 2 heterocycles. The second-order valence-electron chi connectivity index (χ2n) is 5.06. The van der Waals surface area contributed by atoms with Gasteiger partial charge in [-0.2, -0.15) is 0 Å². The van der Waals surface area contributed by atoms with E-state index in [0.29, 0.717) is 12.8 Å². The van der Waals surface area contributed by atoms with Crippen molar-refractivity contribution < 1.29 is 9.53 Å². The first-order valence-electron chi connectivity index (χ1n) is 6.36. The maximum Gasteiger partial charge on any atom is 0.305 e. The van der Waals surface area contributed by atoms with Crippen molar-refractivity contribution in [1.82, 2.24) is 4.98 Å². The molecule has 5 heteroatoms. The van der Waals surface area contributed by atoms with Crippen LogP contribution in [0.4, 0.5) is 5.13 Å². The molecule has 100 valence electrons. The van der Waals surface area contributed by atoms with E-state index in [0.717, 1.165) is 35.8 Å². The Morgan fingerprint density at radius 3 is 2.78 bits per heavy atom. The fourth-order valence-corrected chi connectivity index (χ4v) is 3.05. The van der Waals surface area contributed by atoms with Crippen LogP contribution in [0.25, 0.3) is 0 Å². The zero-order valence-corrected chi connectivity index (χ0v) is 12.0. The number of nitrogens with zero attached hydrogens (tertiary/aromatic N) is 2. The first-order valence-corrected chi connectivity index (χ1v) is 7.24. The number of aryl methyl sites for hydroxylation is 1. The summed E-state index contributed by atoms with van der Waals surface area (Å²) in [6.45, 7) is 6.75. The Morgan fingerprint density at radius 2 is 2.17 bits per heavy atom. The number of esters is 1. The molecule has 0 radical (unpaired) electrons. The zero-order chi connectivity index (χ0) is 13.1. The summed E-state index contributed by atoms with van der Waals surface area (Å²) in [4.78, 5) is 18.0. The molecule has 0 amide bonds. The third-order valence-electron chi connectivity index (χ3n) is 3.61. The highest BCUT2D eigenvalue weighted by Crippen LogP contribution is 2.30. The predicted molar refractivity (Wildman–Crippen MR) is 73.0 cm³/mol. The lowest BCUT2D eigenvalue weighted by Gasteiger charge is -2.13. The van der Waals surface area contributed by atoms with E-state index in [1.54, 1.807) is 11.3 Å². The summed E-state index contributed by atoms with van der Waals surface area (Å²) in [6, 6.07) is 0. The van der Waals surface area contributed by atoms with Crippen molar-refractivity contribution in [3.8, 4) is 0 Å². The molecule has 0 saturated carbocycles. The van der Waals surface area contributed by atoms with Crippen molar-refractivity contribution in [1.29, 1.82) is 0 Å². The smallest absolute Gasteiger partial charge is 0.305 e. The lowest BCUT2D eigenvalue weighted by Crippen LogP contribution is -2.19. The number of carbonyl (C=O) groups excluding carboxylic acids is 1. The van der Waals surface area contributed by atoms with Gasteiger partial charge in [0.05, 0.1) is 19.2 Å². The van der Waals surface area contributed by atoms with Crippen LogP contribution in [0.15, 0.2) is 5.38 Å². The molecule has 1 aromatic heterocycles. The average molecular weight is 268 g/mol. The van der Waals surface area contributed by atoms with Crippen LogP contribution in [0.3, 0.4) is 0 Å². The molecule has 0 N–H and O–H groups in total. The molecular formula is C13H20N2O2S. The van der Waals surface area contributed by atoms with Crippen LogP contribution in [-0.2, 0) is 16.0 Å². The van der Waals surface area contributed by atoms with Gasteiger partial charge in [0.15, 0.2) is 5.13 Å². The van der Waals surface area contributed by atoms with Gasteiger partial charge in [-0.05, 0) is 11.8 Å². The number of methoxy groups -OCH3 is 1. The van der Waals surface area contributed by atoms with Gasteiger partial charge in [-0.15, -0.1) is 11.3 Å². The highest BCUT2D eigenvalue weighted by Gasteiger charge is 2.27. The molecule has 4 nitrogen and oxygen atoms in total. The second kappa shape index (κ2) is 5.69. The lowest BCUT2D eigenvalue weighted by atomic mass is 10.0. The number of rotatable bonds is 4. The van der Waals surface area contributed by atoms with Crippen LogP contribution in [-0.4, -0.2) is 31.2 Å².